The number of hydrogen-bond donors (Lipinski definition) is 0. The molecule has 0 saturated heterocycles. The summed E-state index contributed by atoms with van der Waals surface area (Å²) >= 11 is 1.09. The molecule has 0 unspecified atom stereocenters. The van der Waals surface area contributed by atoms with Crippen LogP contribution in [0.3, 0.4) is 0 Å². The van der Waals surface area contributed by atoms with Gasteiger partial charge in [0.25, 0.3) is 10.9 Å². The minimum absolute atomic E-state index is 0.0571. The molecule has 0 N–H and O–H groups in total. The first-order valence-electron chi connectivity index (χ1n) is 4.97. The molecule has 0 saturated carbocycles. The summed E-state index contributed by atoms with van der Waals surface area (Å²) < 4.78 is 0. The molecule has 1 aromatic carbocycles. The fourth-order valence-corrected chi connectivity index (χ4v) is 2.17. The van der Waals surface area contributed by atoms with Crippen LogP contribution in [0.15, 0.2) is 17.0 Å². The molecule has 0 aliphatic carbocycles. The summed E-state index contributed by atoms with van der Waals surface area (Å²) in [5, 5.41) is 10.6. The largest absolute Gasteiger partial charge is 0.339 e. The van der Waals surface area contributed by atoms with Crippen LogP contribution in [0.25, 0.3) is 0 Å². The van der Waals surface area contributed by atoms with Crippen LogP contribution >= 0.6 is 11.8 Å². The number of carbonyl (C=O) groups excluding carboxylic acids is 1. The first-order chi connectivity index (χ1) is 7.82. The molecule has 1 rings (SSSR count). The predicted octanol–water partition coefficient (Wildman–Crippen LogP) is 2.99. The zero-order valence-corrected chi connectivity index (χ0v) is 11.0. The second-order valence-corrected chi connectivity index (χ2v) is 4.89. The molecular weight excluding hydrogens is 240 g/mol. The van der Waals surface area contributed by atoms with Gasteiger partial charge in [-0.15, -0.1) is 0 Å². The van der Waals surface area contributed by atoms with Crippen molar-refractivity contribution in [1.82, 2.24) is 4.90 Å². The van der Waals surface area contributed by atoms with Gasteiger partial charge in [-0.2, -0.15) is 0 Å². The quantitative estimate of drug-likeness (QED) is 0.462. The lowest BCUT2D eigenvalue weighted by Gasteiger charge is -2.12. The standard InChI is InChI=1S/C11H14N2O3S/c1-7-5-9(13(15)16)6-8(2)10(7)17-11(14)12(3)4/h5-6H,1-4H3. The van der Waals surface area contributed by atoms with E-state index in [9.17, 15) is 14.9 Å². The van der Waals surface area contributed by atoms with Crippen molar-refractivity contribution in [2.45, 2.75) is 18.7 Å². The van der Waals surface area contributed by atoms with E-state index in [1.807, 2.05) is 0 Å². The first-order valence-corrected chi connectivity index (χ1v) is 5.79. The van der Waals surface area contributed by atoms with Crippen molar-refractivity contribution in [2.75, 3.05) is 14.1 Å². The number of nitro groups is 1. The summed E-state index contributed by atoms with van der Waals surface area (Å²) in [4.78, 5) is 24.1. The molecule has 1 amide bonds. The highest BCUT2D eigenvalue weighted by atomic mass is 32.2. The Hall–Kier alpha value is -1.56. The van der Waals surface area contributed by atoms with E-state index in [1.165, 1.54) is 17.0 Å². The van der Waals surface area contributed by atoms with Crippen molar-refractivity contribution in [2.24, 2.45) is 0 Å². The number of nitro benzene ring substituents is 1. The lowest BCUT2D eigenvalue weighted by atomic mass is 10.1. The van der Waals surface area contributed by atoms with Crippen LogP contribution in [0.2, 0.25) is 0 Å². The highest BCUT2D eigenvalue weighted by molar-refractivity contribution is 8.13. The van der Waals surface area contributed by atoms with Crippen LogP contribution in [0.4, 0.5) is 10.5 Å². The lowest BCUT2D eigenvalue weighted by Crippen LogP contribution is -2.16. The van der Waals surface area contributed by atoms with E-state index in [-0.39, 0.29) is 10.9 Å². The van der Waals surface area contributed by atoms with Crippen LogP contribution < -0.4 is 0 Å². The smallest absolute Gasteiger partial charge is 0.285 e. The molecule has 6 heteroatoms. The Kier molecular flexibility index (Phi) is 4.11. The third-order valence-electron chi connectivity index (χ3n) is 2.21. The van der Waals surface area contributed by atoms with Gasteiger partial charge in [0.1, 0.15) is 0 Å². The van der Waals surface area contributed by atoms with Gasteiger partial charge in [-0.25, -0.2) is 0 Å². The Labute approximate surface area is 104 Å². The zero-order valence-electron chi connectivity index (χ0n) is 10.2. The van der Waals surface area contributed by atoms with E-state index >= 15 is 0 Å². The van der Waals surface area contributed by atoms with Gasteiger partial charge in [-0.05, 0) is 36.7 Å². The van der Waals surface area contributed by atoms with Gasteiger partial charge in [0, 0.05) is 31.1 Å². The fourth-order valence-electron chi connectivity index (χ4n) is 1.37. The Bertz CT molecular complexity index is 449. The van der Waals surface area contributed by atoms with Gasteiger partial charge >= 0.3 is 0 Å². The topological polar surface area (TPSA) is 63.5 Å². The van der Waals surface area contributed by atoms with Crippen LogP contribution in [0.5, 0.6) is 0 Å². The van der Waals surface area contributed by atoms with Gasteiger partial charge in [0.05, 0.1) is 4.92 Å². The Balaban J connectivity index is 3.10. The number of hydrogen-bond acceptors (Lipinski definition) is 4. The molecule has 0 heterocycles. The van der Waals surface area contributed by atoms with Crippen molar-refractivity contribution in [3.63, 3.8) is 0 Å². The Morgan fingerprint density at radius 2 is 1.76 bits per heavy atom. The average molecular weight is 254 g/mol. The monoisotopic (exact) mass is 254 g/mol. The second-order valence-electron chi connectivity index (χ2n) is 3.93. The Morgan fingerprint density at radius 1 is 1.29 bits per heavy atom. The predicted molar refractivity (Wildman–Crippen MR) is 67.5 cm³/mol. The van der Waals surface area contributed by atoms with Crippen molar-refractivity contribution in [3.05, 3.63) is 33.4 Å². The van der Waals surface area contributed by atoms with E-state index in [4.69, 9.17) is 0 Å². The van der Waals surface area contributed by atoms with Crippen LogP contribution in [-0.4, -0.2) is 29.2 Å². The van der Waals surface area contributed by atoms with Crippen LogP contribution in [0, 0.1) is 24.0 Å². The molecule has 0 fully saturated rings. The van der Waals surface area contributed by atoms with Gasteiger partial charge in [0.15, 0.2) is 0 Å². The van der Waals surface area contributed by atoms with Crippen molar-refractivity contribution >= 4 is 22.7 Å². The van der Waals surface area contributed by atoms with Crippen molar-refractivity contribution in [1.29, 1.82) is 0 Å². The number of non-ortho nitro benzene ring substituents is 1. The van der Waals surface area contributed by atoms with Crippen LogP contribution in [0.1, 0.15) is 11.1 Å². The van der Waals surface area contributed by atoms with E-state index in [0.29, 0.717) is 0 Å². The molecule has 1 aromatic rings. The number of aryl methyl sites for hydroxylation is 2. The molecule has 0 aliphatic rings. The van der Waals surface area contributed by atoms with E-state index < -0.39 is 4.92 Å². The van der Waals surface area contributed by atoms with E-state index in [1.54, 1.807) is 27.9 Å². The summed E-state index contributed by atoms with van der Waals surface area (Å²) in [5.74, 6) is 0. The maximum Gasteiger partial charge on any atom is 0.285 e. The maximum atomic E-state index is 11.6. The maximum absolute atomic E-state index is 11.6. The highest BCUT2D eigenvalue weighted by Gasteiger charge is 2.15. The molecule has 0 spiro atoms. The van der Waals surface area contributed by atoms with Crippen molar-refractivity contribution in [3.8, 4) is 0 Å². The summed E-state index contributed by atoms with van der Waals surface area (Å²) in [6.45, 7) is 3.54. The first kappa shape index (κ1) is 13.5. The minimum Gasteiger partial charge on any atom is -0.339 e. The number of benzene rings is 1. The molecule has 5 nitrogen and oxygen atoms in total. The second kappa shape index (κ2) is 5.18. The number of rotatable bonds is 2. The summed E-state index contributed by atoms with van der Waals surface area (Å²) in [6.07, 6.45) is 0. The SMILES string of the molecule is Cc1cc([N+](=O)[O-])cc(C)c1SC(=O)N(C)C. The molecule has 17 heavy (non-hydrogen) atoms. The van der Waals surface area contributed by atoms with E-state index in [0.717, 1.165) is 27.8 Å². The average Bonchev–Trinajstić information content (AvgIpc) is 2.22. The van der Waals surface area contributed by atoms with Gasteiger partial charge in [-0.1, -0.05) is 0 Å². The number of thioether (sulfide) groups is 1. The zero-order chi connectivity index (χ0) is 13.2. The summed E-state index contributed by atoms with van der Waals surface area (Å²) in [5.41, 5.74) is 1.55. The normalized spacial score (nSPS) is 10.1. The molecule has 0 aliphatic heterocycles. The lowest BCUT2D eigenvalue weighted by molar-refractivity contribution is -0.385. The fraction of sp³-hybridized carbons (Fsp3) is 0.364. The van der Waals surface area contributed by atoms with E-state index in [2.05, 4.69) is 0 Å². The molecule has 0 aromatic heterocycles. The Morgan fingerprint density at radius 3 is 2.12 bits per heavy atom. The molecule has 92 valence electrons. The van der Waals surface area contributed by atoms with Crippen LogP contribution in [-0.2, 0) is 0 Å². The summed E-state index contributed by atoms with van der Waals surface area (Å²) in [6, 6.07) is 2.97. The molecule has 0 radical (unpaired) electrons. The molecular formula is C11H14N2O3S. The number of amides is 1. The highest BCUT2D eigenvalue weighted by Crippen LogP contribution is 2.31. The summed E-state index contributed by atoms with van der Waals surface area (Å²) in [7, 11) is 3.34. The minimum atomic E-state index is -0.428. The molecule has 0 bridgehead atoms. The number of carbonyl (C=O) groups is 1. The molecule has 0 atom stereocenters. The number of nitrogens with zero attached hydrogens (tertiary/aromatic N) is 2. The van der Waals surface area contributed by atoms with Crippen molar-refractivity contribution < 1.29 is 9.72 Å². The van der Waals surface area contributed by atoms with Gasteiger partial charge in [0.2, 0.25) is 0 Å². The van der Waals surface area contributed by atoms with Gasteiger partial charge in [-0.3, -0.25) is 14.9 Å². The van der Waals surface area contributed by atoms with Gasteiger partial charge < -0.3 is 4.90 Å². The third kappa shape index (κ3) is 3.20. The third-order valence-corrected chi connectivity index (χ3v) is 3.60.